The fourth-order valence-corrected chi connectivity index (χ4v) is 2.34. The molecule has 1 aliphatic carbocycles. The van der Waals surface area contributed by atoms with E-state index in [9.17, 15) is 4.39 Å². The summed E-state index contributed by atoms with van der Waals surface area (Å²) < 4.78 is 14.5. The molecule has 1 aromatic carbocycles. The molecule has 0 radical (unpaired) electrons. The monoisotopic (exact) mass is 305 g/mol. The largest absolute Gasteiger partial charge is 0.324 e. The molecule has 0 heterocycles. The zero-order chi connectivity index (χ0) is 10.1. The molecule has 0 aliphatic heterocycles. The van der Waals surface area contributed by atoms with Gasteiger partial charge < -0.3 is 5.73 Å². The molecule has 3 heteroatoms. The second-order valence-electron chi connectivity index (χ2n) is 3.88. The van der Waals surface area contributed by atoms with E-state index in [0.29, 0.717) is 11.5 Å². The molecular formula is C11H13FIN. The van der Waals surface area contributed by atoms with Gasteiger partial charge in [-0.15, -0.1) is 0 Å². The van der Waals surface area contributed by atoms with Crippen LogP contribution in [0.5, 0.6) is 0 Å². The SMILES string of the molecule is N[C@@H](c1cc(I)ccc1F)C1CCC1. The van der Waals surface area contributed by atoms with Crippen molar-refractivity contribution in [1.82, 2.24) is 0 Å². The maximum atomic E-state index is 13.5. The molecule has 0 unspecified atom stereocenters. The molecule has 1 fully saturated rings. The van der Waals surface area contributed by atoms with Crippen molar-refractivity contribution >= 4 is 22.6 Å². The number of hydrogen-bond acceptors (Lipinski definition) is 1. The molecule has 0 saturated heterocycles. The van der Waals surface area contributed by atoms with Crippen LogP contribution in [-0.4, -0.2) is 0 Å². The van der Waals surface area contributed by atoms with Crippen molar-refractivity contribution in [3.05, 3.63) is 33.1 Å². The van der Waals surface area contributed by atoms with Crippen molar-refractivity contribution in [3.63, 3.8) is 0 Å². The van der Waals surface area contributed by atoms with Crippen LogP contribution in [0.1, 0.15) is 30.9 Å². The standard InChI is InChI=1S/C11H13FIN/c12-10-5-4-8(13)6-9(10)11(14)7-2-1-3-7/h4-7,11H,1-3,14H2/t11-/m1/s1. The van der Waals surface area contributed by atoms with Gasteiger partial charge in [0.05, 0.1) is 0 Å². The third-order valence-corrected chi connectivity index (χ3v) is 3.65. The molecule has 1 saturated carbocycles. The van der Waals surface area contributed by atoms with Gasteiger partial charge >= 0.3 is 0 Å². The Labute approximate surface area is 97.0 Å². The van der Waals surface area contributed by atoms with E-state index < -0.39 is 0 Å². The number of halogens is 2. The van der Waals surface area contributed by atoms with Crippen LogP contribution in [0.15, 0.2) is 18.2 Å². The molecule has 0 amide bonds. The molecule has 1 nitrogen and oxygen atoms in total. The molecule has 0 spiro atoms. The molecule has 2 N–H and O–H groups in total. The van der Waals surface area contributed by atoms with Gasteiger partial charge in [-0.3, -0.25) is 0 Å². The molecule has 1 atom stereocenters. The van der Waals surface area contributed by atoms with E-state index in [4.69, 9.17) is 5.73 Å². The minimum Gasteiger partial charge on any atom is -0.324 e. The summed E-state index contributed by atoms with van der Waals surface area (Å²) in [6.45, 7) is 0. The van der Waals surface area contributed by atoms with Crippen LogP contribution in [-0.2, 0) is 0 Å². The number of rotatable bonds is 2. The van der Waals surface area contributed by atoms with Gasteiger partial charge in [0, 0.05) is 15.2 Å². The van der Waals surface area contributed by atoms with Crippen molar-refractivity contribution < 1.29 is 4.39 Å². The average molecular weight is 305 g/mol. The highest BCUT2D eigenvalue weighted by molar-refractivity contribution is 14.1. The summed E-state index contributed by atoms with van der Waals surface area (Å²) in [7, 11) is 0. The number of nitrogens with two attached hydrogens (primary N) is 1. The van der Waals surface area contributed by atoms with Crippen LogP contribution >= 0.6 is 22.6 Å². The van der Waals surface area contributed by atoms with E-state index in [1.165, 1.54) is 12.5 Å². The predicted molar refractivity (Wildman–Crippen MR) is 63.4 cm³/mol. The lowest BCUT2D eigenvalue weighted by molar-refractivity contribution is 0.260. The summed E-state index contributed by atoms with van der Waals surface area (Å²) in [6.07, 6.45) is 3.53. The lowest BCUT2D eigenvalue weighted by Gasteiger charge is -2.31. The maximum Gasteiger partial charge on any atom is 0.128 e. The molecule has 1 aromatic rings. The molecule has 76 valence electrons. The Morgan fingerprint density at radius 3 is 2.71 bits per heavy atom. The first-order valence-corrected chi connectivity index (χ1v) is 5.97. The summed E-state index contributed by atoms with van der Waals surface area (Å²) >= 11 is 2.19. The van der Waals surface area contributed by atoms with Crippen LogP contribution in [0.4, 0.5) is 4.39 Å². The Morgan fingerprint density at radius 1 is 1.43 bits per heavy atom. The van der Waals surface area contributed by atoms with Crippen LogP contribution in [0.3, 0.4) is 0 Å². The number of hydrogen-bond donors (Lipinski definition) is 1. The smallest absolute Gasteiger partial charge is 0.128 e. The Kier molecular flexibility index (Phi) is 3.07. The van der Waals surface area contributed by atoms with E-state index in [0.717, 1.165) is 16.4 Å². The van der Waals surface area contributed by atoms with Crippen molar-refractivity contribution in [1.29, 1.82) is 0 Å². The van der Waals surface area contributed by atoms with Gasteiger partial charge in [-0.05, 0) is 59.5 Å². The zero-order valence-corrected chi connectivity index (χ0v) is 10.00. The van der Waals surface area contributed by atoms with Crippen LogP contribution < -0.4 is 5.73 Å². The van der Waals surface area contributed by atoms with E-state index in [2.05, 4.69) is 22.6 Å². The first-order chi connectivity index (χ1) is 6.68. The Hall–Kier alpha value is -0.160. The van der Waals surface area contributed by atoms with Crippen LogP contribution in [0, 0.1) is 15.3 Å². The zero-order valence-electron chi connectivity index (χ0n) is 7.84. The highest BCUT2D eigenvalue weighted by Gasteiger charge is 2.27. The van der Waals surface area contributed by atoms with Gasteiger partial charge in [0.1, 0.15) is 5.82 Å². The summed E-state index contributed by atoms with van der Waals surface area (Å²) in [6, 6.07) is 5.03. The topological polar surface area (TPSA) is 26.0 Å². The minimum atomic E-state index is -0.162. The third-order valence-electron chi connectivity index (χ3n) is 2.97. The van der Waals surface area contributed by atoms with Gasteiger partial charge in [0.25, 0.3) is 0 Å². The number of benzene rings is 1. The van der Waals surface area contributed by atoms with E-state index >= 15 is 0 Å². The molecule has 0 bridgehead atoms. The molecule has 14 heavy (non-hydrogen) atoms. The fourth-order valence-electron chi connectivity index (χ4n) is 1.82. The first-order valence-electron chi connectivity index (χ1n) is 4.89. The summed E-state index contributed by atoms with van der Waals surface area (Å²) in [5, 5.41) is 0. The predicted octanol–water partition coefficient (Wildman–Crippen LogP) is 3.23. The van der Waals surface area contributed by atoms with Crippen molar-refractivity contribution in [2.24, 2.45) is 11.7 Å². The molecule has 0 aromatic heterocycles. The lowest BCUT2D eigenvalue weighted by atomic mass is 9.77. The maximum absolute atomic E-state index is 13.5. The van der Waals surface area contributed by atoms with Gasteiger partial charge in [0.2, 0.25) is 0 Å². The Morgan fingerprint density at radius 2 is 2.14 bits per heavy atom. The van der Waals surface area contributed by atoms with Crippen molar-refractivity contribution in [2.75, 3.05) is 0 Å². The third kappa shape index (κ3) is 1.93. The lowest BCUT2D eigenvalue weighted by Crippen LogP contribution is -2.27. The fraction of sp³-hybridized carbons (Fsp3) is 0.455. The quantitative estimate of drug-likeness (QED) is 0.834. The van der Waals surface area contributed by atoms with E-state index in [1.54, 1.807) is 6.07 Å². The van der Waals surface area contributed by atoms with Gasteiger partial charge in [-0.25, -0.2) is 4.39 Å². The second kappa shape index (κ2) is 4.14. The summed E-state index contributed by atoms with van der Waals surface area (Å²) in [5.74, 6) is 0.326. The first kappa shape index (κ1) is 10.4. The van der Waals surface area contributed by atoms with E-state index in [-0.39, 0.29) is 11.9 Å². The van der Waals surface area contributed by atoms with Crippen molar-refractivity contribution in [3.8, 4) is 0 Å². The Balaban J connectivity index is 2.24. The second-order valence-corrected chi connectivity index (χ2v) is 5.13. The van der Waals surface area contributed by atoms with Crippen LogP contribution in [0.2, 0.25) is 0 Å². The molecule has 2 rings (SSSR count). The highest BCUT2D eigenvalue weighted by Crippen LogP contribution is 2.37. The normalized spacial score (nSPS) is 19.1. The highest BCUT2D eigenvalue weighted by atomic mass is 127. The van der Waals surface area contributed by atoms with Crippen LogP contribution in [0.25, 0.3) is 0 Å². The molecule has 1 aliphatic rings. The summed E-state index contributed by atoms with van der Waals surface area (Å²) in [5.41, 5.74) is 6.71. The van der Waals surface area contributed by atoms with Crippen molar-refractivity contribution in [2.45, 2.75) is 25.3 Å². The Bertz CT molecular complexity index is 336. The van der Waals surface area contributed by atoms with Gasteiger partial charge in [0.15, 0.2) is 0 Å². The minimum absolute atomic E-state index is 0.113. The van der Waals surface area contributed by atoms with E-state index in [1.807, 2.05) is 6.07 Å². The van der Waals surface area contributed by atoms with Gasteiger partial charge in [-0.1, -0.05) is 6.42 Å². The average Bonchev–Trinajstić information content (AvgIpc) is 2.06. The molecular weight excluding hydrogens is 292 g/mol. The summed E-state index contributed by atoms with van der Waals surface area (Å²) in [4.78, 5) is 0. The van der Waals surface area contributed by atoms with Gasteiger partial charge in [-0.2, -0.15) is 0 Å².